The molecular formula is C29H29ClFN3O6S. The summed E-state index contributed by atoms with van der Waals surface area (Å²) < 4.78 is 55.1. The Hall–Kier alpha value is -3.83. The van der Waals surface area contributed by atoms with Gasteiger partial charge in [0.2, 0.25) is 0 Å². The van der Waals surface area contributed by atoms with Gasteiger partial charge in [-0.1, -0.05) is 38.1 Å². The molecule has 0 bridgehead atoms. The number of ether oxygens (including phenoxy) is 1. The summed E-state index contributed by atoms with van der Waals surface area (Å²) in [7, 11) is -4.07. The van der Waals surface area contributed by atoms with Gasteiger partial charge in [-0.15, -0.1) is 0 Å². The van der Waals surface area contributed by atoms with Crippen LogP contribution in [0, 0.1) is 25.1 Å². The van der Waals surface area contributed by atoms with Crippen molar-refractivity contribution in [3.63, 3.8) is 0 Å². The quantitative estimate of drug-likeness (QED) is 0.335. The van der Waals surface area contributed by atoms with Crippen molar-refractivity contribution >= 4 is 38.7 Å². The van der Waals surface area contributed by atoms with Crippen molar-refractivity contribution in [3.8, 4) is 11.5 Å². The minimum atomic E-state index is -4.07. The number of amides is 1. The van der Waals surface area contributed by atoms with E-state index in [1.54, 1.807) is 19.9 Å². The van der Waals surface area contributed by atoms with Crippen LogP contribution in [0.3, 0.4) is 0 Å². The molecule has 2 aliphatic heterocycles. The zero-order valence-corrected chi connectivity index (χ0v) is 24.5. The van der Waals surface area contributed by atoms with Gasteiger partial charge in [-0.3, -0.25) is 9.69 Å². The predicted octanol–water partition coefficient (Wildman–Crippen LogP) is 6.14. The molecule has 0 saturated carbocycles. The van der Waals surface area contributed by atoms with Gasteiger partial charge in [-0.25, -0.2) is 17.8 Å². The molecule has 216 valence electrons. The zero-order valence-electron chi connectivity index (χ0n) is 22.9. The largest absolute Gasteiger partial charge is 0.506 e. The van der Waals surface area contributed by atoms with E-state index in [9.17, 15) is 18.3 Å². The normalized spacial score (nSPS) is 19.1. The molecule has 1 amide bonds. The second-order valence-electron chi connectivity index (χ2n) is 10.9. The van der Waals surface area contributed by atoms with Crippen LogP contribution >= 0.6 is 11.6 Å². The first-order valence-electron chi connectivity index (χ1n) is 12.8. The third-order valence-electron chi connectivity index (χ3n) is 6.92. The molecule has 1 unspecified atom stereocenters. The van der Waals surface area contributed by atoms with Crippen molar-refractivity contribution in [3.05, 3.63) is 87.3 Å². The lowest BCUT2D eigenvalue weighted by molar-refractivity contribution is 0.0974. The standard InChI is InChI=1S/C29H29ClFN3O6S/c1-15(30)13-39-18-9-10-19(20(31)11-18)26-27-21(12-29(4,5)14-41(27,37)38)33-25-22(7-6-8-23(25)35)34(26)28(36)24-16(2)40-17(3)32-24/h6-11,26,33,35H,1,12-14H2,2-5H3. The van der Waals surface area contributed by atoms with Crippen LogP contribution in [-0.2, 0) is 9.84 Å². The molecule has 0 aliphatic carbocycles. The molecule has 41 heavy (non-hydrogen) atoms. The Morgan fingerprint density at radius 3 is 2.68 bits per heavy atom. The Morgan fingerprint density at radius 1 is 1.32 bits per heavy atom. The Bertz CT molecular complexity index is 1730. The number of nitrogens with zero attached hydrogens (tertiary/aromatic N) is 2. The maximum atomic E-state index is 16.0. The van der Waals surface area contributed by atoms with Crippen LogP contribution in [0.2, 0.25) is 0 Å². The van der Waals surface area contributed by atoms with Crippen molar-refractivity contribution in [2.24, 2.45) is 5.41 Å². The van der Waals surface area contributed by atoms with E-state index in [0.29, 0.717) is 0 Å². The van der Waals surface area contributed by atoms with E-state index < -0.39 is 33.0 Å². The number of allylic oxidation sites excluding steroid dienone is 1. The van der Waals surface area contributed by atoms with Crippen molar-refractivity contribution in [2.75, 3.05) is 22.6 Å². The van der Waals surface area contributed by atoms with Gasteiger partial charge in [-0.2, -0.15) is 0 Å². The Labute approximate surface area is 242 Å². The summed E-state index contributed by atoms with van der Waals surface area (Å²) >= 11 is 5.79. The molecule has 2 N–H and O–H groups in total. The van der Waals surface area contributed by atoms with Gasteiger partial charge in [-0.05, 0) is 43.0 Å². The maximum Gasteiger partial charge on any atom is 0.281 e. The average Bonchev–Trinajstić information content (AvgIpc) is 3.11. The van der Waals surface area contributed by atoms with Crippen LogP contribution < -0.4 is 15.0 Å². The van der Waals surface area contributed by atoms with Gasteiger partial charge >= 0.3 is 0 Å². The number of hydrogen-bond donors (Lipinski definition) is 2. The highest BCUT2D eigenvalue weighted by molar-refractivity contribution is 7.95. The van der Waals surface area contributed by atoms with Crippen LogP contribution in [-0.4, -0.2) is 36.8 Å². The molecule has 0 spiro atoms. The van der Waals surface area contributed by atoms with E-state index in [1.165, 1.54) is 24.3 Å². The van der Waals surface area contributed by atoms with Gasteiger partial charge in [0.05, 0.1) is 16.3 Å². The average molecular weight is 602 g/mol. The number of anilines is 2. The second-order valence-corrected chi connectivity index (χ2v) is 13.4. The number of aromatic hydroxyl groups is 1. The molecule has 2 aliphatic rings. The molecule has 5 rings (SSSR count). The number of oxazole rings is 1. The summed E-state index contributed by atoms with van der Waals surface area (Å²) in [5, 5.41) is 14.2. The topological polar surface area (TPSA) is 122 Å². The predicted molar refractivity (Wildman–Crippen MR) is 153 cm³/mol. The van der Waals surface area contributed by atoms with Crippen LogP contribution in [0.4, 0.5) is 15.8 Å². The number of phenolic OH excluding ortho intramolecular Hbond substituents is 1. The smallest absolute Gasteiger partial charge is 0.281 e. The number of benzene rings is 2. The Balaban J connectivity index is 1.82. The summed E-state index contributed by atoms with van der Waals surface area (Å²) in [6, 6.07) is 6.97. The van der Waals surface area contributed by atoms with E-state index in [0.717, 1.165) is 11.0 Å². The summed E-state index contributed by atoms with van der Waals surface area (Å²) in [6.45, 7) is 10.2. The Kier molecular flexibility index (Phi) is 7.15. The number of nitrogens with one attached hydrogen (secondary N) is 1. The molecule has 1 atom stereocenters. The number of hydrogen-bond acceptors (Lipinski definition) is 8. The third-order valence-corrected chi connectivity index (χ3v) is 9.33. The molecule has 3 aromatic rings. The molecule has 0 radical (unpaired) electrons. The van der Waals surface area contributed by atoms with Crippen molar-refractivity contribution < 1.29 is 31.9 Å². The monoisotopic (exact) mass is 601 g/mol. The SMILES string of the molecule is C=C(Cl)COc1ccc(C2C3=C(CC(C)(C)CS3(=O)=O)Nc3c(O)cccc3N2C(=O)c2nc(C)oc2C)c(F)c1. The number of carbonyl (C=O) groups is 1. The molecule has 9 nitrogen and oxygen atoms in total. The molecular weight excluding hydrogens is 573 g/mol. The number of aromatic nitrogens is 1. The van der Waals surface area contributed by atoms with Gasteiger partial charge in [0.15, 0.2) is 21.4 Å². The fourth-order valence-electron chi connectivity index (χ4n) is 5.43. The van der Waals surface area contributed by atoms with Gasteiger partial charge in [0.1, 0.15) is 41.4 Å². The lowest BCUT2D eigenvalue weighted by atomic mass is 9.88. The van der Waals surface area contributed by atoms with Gasteiger partial charge in [0, 0.05) is 29.3 Å². The van der Waals surface area contributed by atoms with Gasteiger partial charge < -0.3 is 19.6 Å². The molecule has 2 aromatic carbocycles. The molecule has 1 aromatic heterocycles. The number of halogens is 2. The van der Waals surface area contributed by atoms with Crippen LogP contribution in [0.1, 0.15) is 54.0 Å². The van der Waals surface area contributed by atoms with E-state index in [1.807, 2.05) is 13.8 Å². The summed E-state index contributed by atoms with van der Waals surface area (Å²) in [5.74, 6) is -1.42. The number of fused-ring (bicyclic) bond motifs is 1. The first-order valence-corrected chi connectivity index (χ1v) is 14.8. The van der Waals surface area contributed by atoms with Crippen molar-refractivity contribution in [1.82, 2.24) is 4.98 Å². The minimum absolute atomic E-state index is 0.0610. The van der Waals surface area contributed by atoms with Crippen molar-refractivity contribution in [2.45, 2.75) is 40.2 Å². The first kappa shape index (κ1) is 28.7. The summed E-state index contributed by atoms with van der Waals surface area (Å²) in [6.07, 6.45) is 0.261. The van der Waals surface area contributed by atoms with Crippen LogP contribution in [0.5, 0.6) is 11.5 Å². The van der Waals surface area contributed by atoms with E-state index in [4.69, 9.17) is 20.8 Å². The molecule has 0 saturated heterocycles. The number of sulfone groups is 1. The fraction of sp³-hybridized carbons (Fsp3) is 0.310. The number of phenols is 1. The third kappa shape index (κ3) is 5.31. The zero-order chi connectivity index (χ0) is 29.9. The highest BCUT2D eigenvalue weighted by Gasteiger charge is 2.48. The number of aryl methyl sites for hydroxylation is 2. The maximum absolute atomic E-state index is 16.0. The minimum Gasteiger partial charge on any atom is -0.506 e. The van der Waals surface area contributed by atoms with E-state index in [-0.39, 0.29) is 80.2 Å². The number of rotatable bonds is 5. The van der Waals surface area contributed by atoms with Crippen LogP contribution in [0.25, 0.3) is 0 Å². The fourth-order valence-corrected chi connectivity index (χ4v) is 7.84. The lowest BCUT2D eigenvalue weighted by Crippen LogP contribution is -2.41. The summed E-state index contributed by atoms with van der Waals surface area (Å²) in [4.78, 5) is 19.5. The Morgan fingerprint density at radius 2 is 2.05 bits per heavy atom. The molecule has 3 heterocycles. The second kappa shape index (κ2) is 10.2. The lowest BCUT2D eigenvalue weighted by Gasteiger charge is -2.37. The van der Waals surface area contributed by atoms with E-state index in [2.05, 4.69) is 16.9 Å². The molecule has 0 fully saturated rings. The van der Waals surface area contributed by atoms with E-state index >= 15 is 4.39 Å². The van der Waals surface area contributed by atoms with Crippen LogP contribution in [0.15, 0.2) is 63.0 Å². The highest BCUT2D eigenvalue weighted by Crippen LogP contribution is 2.52. The van der Waals surface area contributed by atoms with Gasteiger partial charge in [0.25, 0.3) is 5.91 Å². The summed E-state index contributed by atoms with van der Waals surface area (Å²) in [5.41, 5.74) is -0.333. The van der Waals surface area contributed by atoms with Crippen molar-refractivity contribution in [1.29, 1.82) is 0 Å². The number of para-hydroxylation sites is 1. The highest BCUT2D eigenvalue weighted by atomic mass is 35.5. The molecule has 12 heteroatoms. The number of carbonyl (C=O) groups excluding carboxylic acids is 1. The first-order chi connectivity index (χ1) is 19.2.